The van der Waals surface area contributed by atoms with Crippen LogP contribution in [0.5, 0.6) is 0 Å². The van der Waals surface area contributed by atoms with Crippen molar-refractivity contribution in [2.45, 2.75) is 19.9 Å². The van der Waals surface area contributed by atoms with Crippen LogP contribution in [0.3, 0.4) is 0 Å². The minimum Gasteiger partial charge on any atom is -0.322 e. The number of carbonyl (C=O) groups excluding carboxylic acids is 1. The van der Waals surface area contributed by atoms with Crippen molar-refractivity contribution in [2.24, 2.45) is 0 Å². The van der Waals surface area contributed by atoms with Crippen molar-refractivity contribution in [3.8, 4) is 16.3 Å². The van der Waals surface area contributed by atoms with Crippen molar-refractivity contribution in [1.29, 1.82) is 0 Å². The fourth-order valence-corrected chi connectivity index (χ4v) is 4.00. The van der Waals surface area contributed by atoms with Crippen molar-refractivity contribution in [3.63, 3.8) is 0 Å². The zero-order valence-corrected chi connectivity index (χ0v) is 17.6. The first-order valence-corrected chi connectivity index (χ1v) is 10.5. The monoisotopic (exact) mass is 430 g/mol. The Hall–Kier alpha value is -3.92. The van der Waals surface area contributed by atoms with E-state index in [1.165, 1.54) is 6.33 Å². The summed E-state index contributed by atoms with van der Waals surface area (Å²) in [6, 6.07) is 13.2. The lowest BCUT2D eigenvalue weighted by Gasteiger charge is -2.11. The highest BCUT2D eigenvalue weighted by Crippen LogP contribution is 2.29. The van der Waals surface area contributed by atoms with Crippen LogP contribution in [0.15, 0.2) is 60.4 Å². The molecular weight excluding hydrogens is 412 g/mol. The van der Waals surface area contributed by atoms with Gasteiger partial charge in [-0.15, -0.1) is 16.4 Å². The number of aromatic nitrogens is 7. The van der Waals surface area contributed by atoms with Gasteiger partial charge in [0.05, 0.1) is 33.4 Å². The Morgan fingerprint density at radius 3 is 2.68 bits per heavy atom. The first kappa shape index (κ1) is 19.1. The molecule has 1 N–H and O–H groups in total. The third-order valence-electron chi connectivity index (χ3n) is 4.81. The number of carbonyl (C=O) groups is 1. The number of rotatable bonds is 5. The summed E-state index contributed by atoms with van der Waals surface area (Å²) in [7, 11) is 0. The first-order valence-electron chi connectivity index (χ1n) is 9.67. The van der Waals surface area contributed by atoms with E-state index < -0.39 is 0 Å². The zero-order valence-electron chi connectivity index (χ0n) is 16.8. The maximum Gasteiger partial charge on any atom is 0.256 e. The lowest BCUT2D eigenvalue weighted by molar-refractivity contribution is 0.102. The zero-order chi connectivity index (χ0) is 21.4. The lowest BCUT2D eigenvalue weighted by Crippen LogP contribution is -2.13. The highest BCUT2D eigenvalue weighted by molar-refractivity contribution is 7.13. The smallest absolute Gasteiger partial charge is 0.256 e. The molecule has 1 aromatic carbocycles. The predicted molar refractivity (Wildman–Crippen MR) is 118 cm³/mol. The number of hydrogen-bond acceptors (Lipinski definition) is 7. The van der Waals surface area contributed by atoms with Crippen LogP contribution in [-0.4, -0.2) is 40.9 Å². The Morgan fingerprint density at radius 2 is 2.00 bits per heavy atom. The Morgan fingerprint density at radius 1 is 1.16 bits per heavy atom. The Kier molecular flexibility index (Phi) is 4.75. The largest absolute Gasteiger partial charge is 0.322 e. The summed E-state index contributed by atoms with van der Waals surface area (Å²) in [5, 5.41) is 21.3. The van der Waals surface area contributed by atoms with Crippen molar-refractivity contribution in [1.82, 2.24) is 35.0 Å². The van der Waals surface area contributed by atoms with E-state index in [-0.39, 0.29) is 11.9 Å². The SMILES string of the molecule is CC(C)n1ncc2c(C(=O)Nc3ccc(-n4cnnn4)cc3)cc(-c3cccs3)nc21. The van der Waals surface area contributed by atoms with Gasteiger partial charge in [0.25, 0.3) is 5.91 Å². The van der Waals surface area contributed by atoms with E-state index in [4.69, 9.17) is 4.98 Å². The number of amides is 1. The van der Waals surface area contributed by atoms with E-state index >= 15 is 0 Å². The molecular formula is C21H18N8OS. The van der Waals surface area contributed by atoms with Gasteiger partial charge >= 0.3 is 0 Å². The van der Waals surface area contributed by atoms with E-state index in [0.29, 0.717) is 16.9 Å². The molecule has 1 amide bonds. The average Bonchev–Trinajstić information content (AvgIpc) is 3.55. The molecule has 9 nitrogen and oxygen atoms in total. The lowest BCUT2D eigenvalue weighted by atomic mass is 10.1. The van der Waals surface area contributed by atoms with Crippen LogP contribution < -0.4 is 5.32 Å². The summed E-state index contributed by atoms with van der Waals surface area (Å²) < 4.78 is 3.38. The number of nitrogens with zero attached hydrogens (tertiary/aromatic N) is 7. The molecule has 0 unspecified atom stereocenters. The van der Waals surface area contributed by atoms with E-state index in [1.54, 1.807) is 22.2 Å². The second kappa shape index (κ2) is 7.73. The third kappa shape index (κ3) is 3.57. The Bertz CT molecular complexity index is 1340. The molecule has 5 rings (SSSR count). The van der Waals surface area contributed by atoms with Crippen LogP contribution in [-0.2, 0) is 0 Å². The highest BCUT2D eigenvalue weighted by Gasteiger charge is 2.19. The molecule has 0 atom stereocenters. The van der Waals surface area contributed by atoms with Crippen LogP contribution in [0.4, 0.5) is 5.69 Å². The molecule has 154 valence electrons. The highest BCUT2D eigenvalue weighted by atomic mass is 32.1. The van der Waals surface area contributed by atoms with Crippen LogP contribution in [0.25, 0.3) is 27.3 Å². The summed E-state index contributed by atoms with van der Waals surface area (Å²) in [5.41, 5.74) is 3.45. The summed E-state index contributed by atoms with van der Waals surface area (Å²) in [5.74, 6) is -0.219. The van der Waals surface area contributed by atoms with Gasteiger partial charge in [-0.05, 0) is 66.1 Å². The fourth-order valence-electron chi connectivity index (χ4n) is 3.31. The van der Waals surface area contributed by atoms with Gasteiger partial charge in [-0.3, -0.25) is 4.79 Å². The molecule has 0 saturated carbocycles. The number of benzene rings is 1. The first-order chi connectivity index (χ1) is 15.1. The number of nitrogens with one attached hydrogen (secondary N) is 1. The van der Waals surface area contributed by atoms with E-state index in [2.05, 4.69) is 25.9 Å². The number of thiophene rings is 1. The van der Waals surface area contributed by atoms with Gasteiger partial charge in [-0.25, -0.2) is 14.3 Å². The van der Waals surface area contributed by atoms with Gasteiger partial charge in [0.2, 0.25) is 0 Å². The minimum atomic E-state index is -0.219. The van der Waals surface area contributed by atoms with Crippen molar-refractivity contribution < 1.29 is 4.79 Å². The topological polar surface area (TPSA) is 103 Å². The molecule has 0 aliphatic carbocycles. The number of pyridine rings is 1. The number of anilines is 1. The molecule has 4 aromatic heterocycles. The van der Waals surface area contributed by atoms with Crippen LogP contribution in [0.1, 0.15) is 30.2 Å². The average molecular weight is 430 g/mol. The molecule has 0 bridgehead atoms. The summed E-state index contributed by atoms with van der Waals surface area (Å²) in [4.78, 5) is 19.0. The van der Waals surface area contributed by atoms with Gasteiger partial charge in [0, 0.05) is 11.7 Å². The maximum atomic E-state index is 13.2. The summed E-state index contributed by atoms with van der Waals surface area (Å²) in [6.45, 7) is 4.08. The Labute approximate surface area is 181 Å². The van der Waals surface area contributed by atoms with E-state index in [9.17, 15) is 4.79 Å². The van der Waals surface area contributed by atoms with Crippen molar-refractivity contribution >= 4 is 34.0 Å². The maximum absolute atomic E-state index is 13.2. The van der Waals surface area contributed by atoms with Crippen LogP contribution in [0, 0.1) is 0 Å². The molecule has 10 heteroatoms. The summed E-state index contributed by atoms with van der Waals surface area (Å²) >= 11 is 1.58. The van der Waals surface area contributed by atoms with Gasteiger partial charge in [0.15, 0.2) is 5.65 Å². The molecule has 5 aromatic rings. The molecule has 31 heavy (non-hydrogen) atoms. The second-order valence-corrected chi connectivity index (χ2v) is 8.16. The molecule has 0 aliphatic heterocycles. The van der Waals surface area contributed by atoms with Crippen molar-refractivity contribution in [3.05, 3.63) is 65.9 Å². The van der Waals surface area contributed by atoms with Gasteiger partial charge in [0.1, 0.15) is 6.33 Å². The predicted octanol–water partition coefficient (Wildman–Crippen LogP) is 3.97. The molecule has 0 aliphatic rings. The molecule has 0 fully saturated rings. The normalized spacial score (nSPS) is 11.3. The summed E-state index contributed by atoms with van der Waals surface area (Å²) in [6.07, 6.45) is 3.22. The van der Waals surface area contributed by atoms with Crippen molar-refractivity contribution in [2.75, 3.05) is 5.32 Å². The number of hydrogen-bond donors (Lipinski definition) is 1. The van der Waals surface area contributed by atoms with E-state index in [1.807, 2.05) is 66.4 Å². The third-order valence-corrected chi connectivity index (χ3v) is 5.71. The van der Waals surface area contributed by atoms with Gasteiger partial charge in [-0.2, -0.15) is 5.10 Å². The molecule has 4 heterocycles. The van der Waals surface area contributed by atoms with Crippen LogP contribution >= 0.6 is 11.3 Å². The van der Waals surface area contributed by atoms with Gasteiger partial charge < -0.3 is 5.32 Å². The molecule has 0 radical (unpaired) electrons. The van der Waals surface area contributed by atoms with E-state index in [0.717, 1.165) is 21.6 Å². The number of tetrazole rings is 1. The standard InChI is InChI=1S/C21H18N8OS/c1-13(2)29-20-17(11-23-29)16(10-18(25-20)19-4-3-9-31-19)21(30)24-14-5-7-15(8-6-14)28-12-22-26-27-28/h3-13H,1-2H3,(H,24,30). The van der Waals surface area contributed by atoms with Crippen LogP contribution in [0.2, 0.25) is 0 Å². The molecule has 0 saturated heterocycles. The second-order valence-electron chi connectivity index (χ2n) is 7.21. The fraction of sp³-hybridized carbons (Fsp3) is 0.143. The van der Waals surface area contributed by atoms with Gasteiger partial charge in [-0.1, -0.05) is 6.07 Å². The number of fused-ring (bicyclic) bond motifs is 1. The quantitative estimate of drug-likeness (QED) is 0.453. The Balaban J connectivity index is 1.52. The molecule has 0 spiro atoms. The minimum absolute atomic E-state index is 0.123.